The van der Waals surface area contributed by atoms with Gasteiger partial charge in [-0.1, -0.05) is 19.1 Å². The molecule has 0 aliphatic heterocycles. The standard InChI is InChI=1S/C15H23NO4S/c1-5-10-21(18,19)14-9-7-6-8-13(14)16(12(2)3)11-15(17)20-4/h6-9,12H,5,10-11H2,1-4H3. The third kappa shape index (κ3) is 4.46. The molecule has 0 amide bonds. The Labute approximate surface area is 126 Å². The second kappa shape index (κ2) is 7.45. The highest BCUT2D eigenvalue weighted by Crippen LogP contribution is 2.27. The summed E-state index contributed by atoms with van der Waals surface area (Å²) >= 11 is 0. The largest absolute Gasteiger partial charge is 0.468 e. The topological polar surface area (TPSA) is 63.7 Å². The fourth-order valence-electron chi connectivity index (χ4n) is 2.09. The number of carbonyl (C=O) groups excluding carboxylic acids is 1. The van der Waals surface area contributed by atoms with Crippen molar-refractivity contribution in [3.8, 4) is 0 Å². The van der Waals surface area contributed by atoms with E-state index in [9.17, 15) is 13.2 Å². The Morgan fingerprint density at radius 2 is 1.90 bits per heavy atom. The molecule has 0 radical (unpaired) electrons. The van der Waals surface area contributed by atoms with Gasteiger partial charge in [-0.3, -0.25) is 4.79 Å². The van der Waals surface area contributed by atoms with E-state index in [0.717, 1.165) is 0 Å². The van der Waals surface area contributed by atoms with Crippen molar-refractivity contribution >= 4 is 21.5 Å². The quantitative estimate of drug-likeness (QED) is 0.723. The zero-order valence-corrected chi connectivity index (χ0v) is 13.8. The van der Waals surface area contributed by atoms with Crippen LogP contribution in [0.1, 0.15) is 27.2 Å². The number of sulfone groups is 1. The van der Waals surface area contributed by atoms with Gasteiger partial charge in [0.1, 0.15) is 6.54 Å². The van der Waals surface area contributed by atoms with E-state index in [0.29, 0.717) is 12.1 Å². The van der Waals surface area contributed by atoms with Crippen LogP contribution in [0.3, 0.4) is 0 Å². The van der Waals surface area contributed by atoms with Crippen LogP contribution < -0.4 is 4.90 Å². The predicted octanol–water partition coefficient (Wildman–Crippen LogP) is 2.26. The molecule has 0 atom stereocenters. The van der Waals surface area contributed by atoms with Crippen LogP contribution in [0, 0.1) is 0 Å². The Balaban J connectivity index is 3.30. The first-order valence-electron chi connectivity index (χ1n) is 6.98. The smallest absolute Gasteiger partial charge is 0.325 e. The summed E-state index contributed by atoms with van der Waals surface area (Å²) in [6.07, 6.45) is 0.551. The average molecular weight is 313 g/mol. The Kier molecular flexibility index (Phi) is 6.20. The lowest BCUT2D eigenvalue weighted by Gasteiger charge is -2.29. The number of hydrogen-bond donors (Lipinski definition) is 0. The molecule has 0 saturated carbocycles. The molecule has 1 aromatic rings. The molecular weight excluding hydrogens is 290 g/mol. The number of carbonyl (C=O) groups is 1. The number of methoxy groups -OCH3 is 1. The van der Waals surface area contributed by atoms with Crippen LogP contribution >= 0.6 is 0 Å². The maximum atomic E-state index is 12.4. The van der Waals surface area contributed by atoms with Crippen molar-refractivity contribution in [2.24, 2.45) is 0 Å². The predicted molar refractivity (Wildman–Crippen MR) is 83.3 cm³/mol. The van der Waals surface area contributed by atoms with Gasteiger partial charge >= 0.3 is 5.97 Å². The third-order valence-electron chi connectivity index (χ3n) is 3.13. The van der Waals surface area contributed by atoms with Crippen molar-refractivity contribution in [1.29, 1.82) is 0 Å². The third-order valence-corrected chi connectivity index (χ3v) is 5.09. The molecule has 0 fully saturated rings. The van der Waals surface area contributed by atoms with Gasteiger partial charge in [0, 0.05) is 6.04 Å². The van der Waals surface area contributed by atoms with Crippen LogP contribution in [0.15, 0.2) is 29.2 Å². The monoisotopic (exact) mass is 313 g/mol. The molecule has 0 unspecified atom stereocenters. The fraction of sp³-hybridized carbons (Fsp3) is 0.533. The highest BCUT2D eigenvalue weighted by atomic mass is 32.2. The maximum absolute atomic E-state index is 12.4. The van der Waals surface area contributed by atoms with Gasteiger partial charge in [-0.15, -0.1) is 0 Å². The molecule has 1 aromatic carbocycles. The van der Waals surface area contributed by atoms with Crippen molar-refractivity contribution in [3.63, 3.8) is 0 Å². The zero-order chi connectivity index (χ0) is 16.0. The van der Waals surface area contributed by atoms with Gasteiger partial charge in [0.15, 0.2) is 9.84 Å². The lowest BCUT2D eigenvalue weighted by atomic mass is 10.2. The lowest BCUT2D eigenvalue weighted by Crippen LogP contribution is -2.37. The minimum absolute atomic E-state index is 0.0207. The molecule has 0 aliphatic rings. The van der Waals surface area contributed by atoms with Crippen LogP contribution in [-0.2, 0) is 19.4 Å². The van der Waals surface area contributed by atoms with Crippen LogP contribution in [0.25, 0.3) is 0 Å². The van der Waals surface area contributed by atoms with Crippen LogP contribution in [0.5, 0.6) is 0 Å². The van der Waals surface area contributed by atoms with Gasteiger partial charge in [-0.2, -0.15) is 0 Å². The van der Waals surface area contributed by atoms with Crippen molar-refractivity contribution < 1.29 is 17.9 Å². The molecule has 0 aliphatic carbocycles. The summed E-state index contributed by atoms with van der Waals surface area (Å²) in [5.41, 5.74) is 0.548. The number of hydrogen-bond acceptors (Lipinski definition) is 5. The first-order chi connectivity index (χ1) is 9.83. The van der Waals surface area contributed by atoms with Gasteiger partial charge < -0.3 is 9.64 Å². The molecule has 118 valence electrons. The molecule has 0 heterocycles. The Morgan fingerprint density at radius 1 is 1.29 bits per heavy atom. The fourth-order valence-corrected chi connectivity index (χ4v) is 3.63. The summed E-state index contributed by atoms with van der Waals surface area (Å²) < 4.78 is 29.5. The highest BCUT2D eigenvalue weighted by Gasteiger charge is 2.24. The summed E-state index contributed by atoms with van der Waals surface area (Å²) in [5.74, 6) is -0.305. The maximum Gasteiger partial charge on any atom is 0.325 e. The minimum atomic E-state index is -3.36. The van der Waals surface area contributed by atoms with E-state index >= 15 is 0 Å². The number of ether oxygens (including phenoxy) is 1. The summed E-state index contributed by atoms with van der Waals surface area (Å²) in [7, 11) is -2.04. The molecule has 0 saturated heterocycles. The zero-order valence-electron chi connectivity index (χ0n) is 13.0. The SMILES string of the molecule is CCCS(=O)(=O)c1ccccc1N(CC(=O)OC)C(C)C. The Hall–Kier alpha value is -1.56. The molecule has 5 nitrogen and oxygen atoms in total. The van der Waals surface area contributed by atoms with Crippen LogP contribution in [-0.4, -0.2) is 39.8 Å². The van der Waals surface area contributed by atoms with Crippen molar-refractivity contribution in [3.05, 3.63) is 24.3 Å². The van der Waals surface area contributed by atoms with E-state index in [2.05, 4.69) is 0 Å². The first kappa shape index (κ1) is 17.5. The molecule has 0 bridgehead atoms. The van der Waals surface area contributed by atoms with E-state index in [4.69, 9.17) is 4.74 Å². The summed E-state index contributed by atoms with van der Waals surface area (Å²) in [6.45, 7) is 5.67. The van der Waals surface area contributed by atoms with Gasteiger partial charge in [-0.25, -0.2) is 8.42 Å². The van der Waals surface area contributed by atoms with E-state index in [1.54, 1.807) is 29.2 Å². The molecule has 21 heavy (non-hydrogen) atoms. The number of anilines is 1. The number of para-hydroxylation sites is 1. The Bertz CT molecular complexity index is 581. The second-order valence-electron chi connectivity index (χ2n) is 5.08. The highest BCUT2D eigenvalue weighted by molar-refractivity contribution is 7.91. The van der Waals surface area contributed by atoms with E-state index in [-0.39, 0.29) is 23.2 Å². The molecule has 0 spiro atoms. The lowest BCUT2D eigenvalue weighted by molar-refractivity contribution is -0.139. The Morgan fingerprint density at radius 3 is 2.43 bits per heavy atom. The molecule has 0 aromatic heterocycles. The molecule has 1 rings (SSSR count). The number of nitrogens with zero attached hydrogens (tertiary/aromatic N) is 1. The first-order valence-corrected chi connectivity index (χ1v) is 8.64. The summed E-state index contributed by atoms with van der Waals surface area (Å²) in [4.78, 5) is 13.6. The van der Waals surface area contributed by atoms with Crippen LogP contribution in [0.2, 0.25) is 0 Å². The molecular formula is C15H23NO4S. The van der Waals surface area contributed by atoms with Gasteiger partial charge in [0.25, 0.3) is 0 Å². The minimum Gasteiger partial charge on any atom is -0.468 e. The summed E-state index contributed by atoms with van der Waals surface area (Å²) in [5, 5.41) is 0. The molecule has 6 heteroatoms. The van der Waals surface area contributed by atoms with Crippen molar-refractivity contribution in [1.82, 2.24) is 0 Å². The van der Waals surface area contributed by atoms with Crippen molar-refractivity contribution in [2.45, 2.75) is 38.1 Å². The van der Waals surface area contributed by atoms with E-state index in [1.165, 1.54) is 7.11 Å². The van der Waals surface area contributed by atoms with Crippen molar-refractivity contribution in [2.75, 3.05) is 24.3 Å². The average Bonchev–Trinajstić information content (AvgIpc) is 2.44. The van der Waals surface area contributed by atoms with Gasteiger partial charge in [-0.05, 0) is 32.4 Å². The van der Waals surface area contributed by atoms with E-state index < -0.39 is 15.8 Å². The normalized spacial score (nSPS) is 11.5. The van der Waals surface area contributed by atoms with Crippen LogP contribution in [0.4, 0.5) is 5.69 Å². The van der Waals surface area contributed by atoms with E-state index in [1.807, 2.05) is 20.8 Å². The second-order valence-corrected chi connectivity index (χ2v) is 7.16. The number of rotatable bonds is 7. The van der Waals surface area contributed by atoms with Gasteiger partial charge in [0.2, 0.25) is 0 Å². The number of esters is 1. The summed E-state index contributed by atoms with van der Waals surface area (Å²) in [6, 6.07) is 6.76. The molecule has 0 N–H and O–H groups in total. The number of benzene rings is 1. The van der Waals surface area contributed by atoms with Gasteiger partial charge in [0.05, 0.1) is 23.4 Å².